The van der Waals surface area contributed by atoms with E-state index in [9.17, 15) is 9.59 Å². The second kappa shape index (κ2) is 9.88. The van der Waals surface area contributed by atoms with Gasteiger partial charge in [-0.05, 0) is 68.8 Å². The van der Waals surface area contributed by atoms with Crippen molar-refractivity contribution in [3.8, 4) is 0 Å². The molecule has 1 aliphatic carbocycles. The van der Waals surface area contributed by atoms with Gasteiger partial charge in [0.25, 0.3) is 0 Å². The molecule has 1 aromatic rings. The molecule has 5 heteroatoms. The number of rotatable bonds is 6. The van der Waals surface area contributed by atoms with E-state index >= 15 is 0 Å². The van der Waals surface area contributed by atoms with E-state index in [1.807, 2.05) is 24.3 Å². The van der Waals surface area contributed by atoms with Crippen LogP contribution in [0.4, 0.5) is 11.4 Å². The molecule has 2 fully saturated rings. The molecule has 148 valence electrons. The van der Waals surface area contributed by atoms with Gasteiger partial charge >= 0.3 is 0 Å². The van der Waals surface area contributed by atoms with Gasteiger partial charge in [-0.25, -0.2) is 0 Å². The Morgan fingerprint density at radius 2 is 1.81 bits per heavy atom. The van der Waals surface area contributed by atoms with Crippen molar-refractivity contribution >= 4 is 23.2 Å². The zero-order chi connectivity index (χ0) is 19.1. The number of benzene rings is 1. The summed E-state index contributed by atoms with van der Waals surface area (Å²) in [6, 6.07) is 7.49. The third-order valence-electron chi connectivity index (χ3n) is 6.04. The van der Waals surface area contributed by atoms with E-state index in [1.54, 1.807) is 0 Å². The summed E-state index contributed by atoms with van der Waals surface area (Å²) in [6.07, 6.45) is 8.41. The fourth-order valence-corrected chi connectivity index (χ4v) is 4.32. The summed E-state index contributed by atoms with van der Waals surface area (Å²) >= 11 is 0. The van der Waals surface area contributed by atoms with Crippen LogP contribution in [0, 0.1) is 17.8 Å². The van der Waals surface area contributed by atoms with E-state index in [2.05, 4.69) is 22.9 Å². The molecule has 2 atom stereocenters. The molecule has 0 aromatic heterocycles. The maximum Gasteiger partial charge on any atom is 0.227 e. The number of anilines is 2. The molecule has 3 rings (SSSR count). The van der Waals surface area contributed by atoms with E-state index in [0.717, 1.165) is 50.1 Å². The number of carbonyl (C=O) groups is 2. The summed E-state index contributed by atoms with van der Waals surface area (Å²) in [5.41, 5.74) is 1.50. The lowest BCUT2D eigenvalue weighted by molar-refractivity contribution is -0.120. The van der Waals surface area contributed by atoms with Crippen molar-refractivity contribution in [3.05, 3.63) is 24.3 Å². The number of piperidine rings is 1. The molecule has 2 unspecified atom stereocenters. The molecule has 2 aliphatic rings. The van der Waals surface area contributed by atoms with E-state index < -0.39 is 0 Å². The van der Waals surface area contributed by atoms with Crippen molar-refractivity contribution < 1.29 is 9.59 Å². The minimum Gasteiger partial charge on any atom is -0.326 e. The fourth-order valence-electron chi connectivity index (χ4n) is 4.32. The SMILES string of the molecule is CC(CC(=O)Nc1cccc(NC(=O)C2CCCCC2)c1)C1CCCNC1. The van der Waals surface area contributed by atoms with Gasteiger partial charge in [-0.1, -0.05) is 32.3 Å². The lowest BCUT2D eigenvalue weighted by atomic mass is 9.85. The number of carbonyl (C=O) groups excluding carboxylic acids is 2. The maximum absolute atomic E-state index is 12.4. The van der Waals surface area contributed by atoms with Crippen molar-refractivity contribution in [2.45, 2.75) is 58.3 Å². The molecule has 1 aromatic carbocycles. The molecule has 0 spiro atoms. The monoisotopic (exact) mass is 371 g/mol. The predicted molar refractivity (Wildman–Crippen MR) is 110 cm³/mol. The standard InChI is InChI=1S/C22H33N3O2/c1-16(18-9-6-12-23-15-18)13-21(26)24-19-10-5-11-20(14-19)25-22(27)17-7-3-2-4-8-17/h5,10-11,14,16-18,23H,2-4,6-9,12-13,15H2,1H3,(H,24,26)(H,25,27). The van der Waals surface area contributed by atoms with Crippen molar-refractivity contribution in [1.82, 2.24) is 5.32 Å². The topological polar surface area (TPSA) is 70.2 Å². The molecule has 1 saturated heterocycles. The Labute approximate surface area is 162 Å². The van der Waals surface area contributed by atoms with Crippen LogP contribution >= 0.6 is 0 Å². The van der Waals surface area contributed by atoms with Gasteiger partial charge in [-0.15, -0.1) is 0 Å². The Hall–Kier alpha value is -1.88. The third-order valence-corrected chi connectivity index (χ3v) is 6.04. The largest absolute Gasteiger partial charge is 0.326 e. The molecule has 1 heterocycles. The number of nitrogens with one attached hydrogen (secondary N) is 3. The zero-order valence-corrected chi connectivity index (χ0v) is 16.4. The molecule has 3 N–H and O–H groups in total. The van der Waals surface area contributed by atoms with Crippen LogP contribution in [0.3, 0.4) is 0 Å². The molecule has 2 amide bonds. The van der Waals surface area contributed by atoms with Crippen LogP contribution in [0.5, 0.6) is 0 Å². The van der Waals surface area contributed by atoms with Crippen molar-refractivity contribution in [2.24, 2.45) is 17.8 Å². The van der Waals surface area contributed by atoms with Crippen LogP contribution in [0.2, 0.25) is 0 Å². The minimum absolute atomic E-state index is 0.0452. The number of amides is 2. The Balaban J connectivity index is 1.50. The number of hydrogen-bond donors (Lipinski definition) is 3. The van der Waals surface area contributed by atoms with Crippen LogP contribution in [0.1, 0.15) is 58.3 Å². The first kappa shape index (κ1) is 19.9. The van der Waals surface area contributed by atoms with Gasteiger partial charge in [0.05, 0.1) is 0 Å². The molecular weight excluding hydrogens is 338 g/mol. The van der Waals surface area contributed by atoms with Crippen molar-refractivity contribution in [2.75, 3.05) is 23.7 Å². The van der Waals surface area contributed by atoms with E-state index in [4.69, 9.17) is 0 Å². The summed E-state index contributed by atoms with van der Waals surface area (Å²) in [6.45, 7) is 4.27. The third kappa shape index (κ3) is 6.06. The van der Waals surface area contributed by atoms with Gasteiger partial charge in [0.2, 0.25) is 11.8 Å². The highest BCUT2D eigenvalue weighted by molar-refractivity contribution is 5.95. The molecule has 1 saturated carbocycles. The lowest BCUT2D eigenvalue weighted by Gasteiger charge is -2.28. The first-order valence-electron chi connectivity index (χ1n) is 10.5. The van der Waals surface area contributed by atoms with E-state index in [1.165, 1.54) is 19.3 Å². The summed E-state index contributed by atoms with van der Waals surface area (Å²) in [5.74, 6) is 1.22. The normalized spacial score (nSPS) is 22.0. The van der Waals surface area contributed by atoms with E-state index in [-0.39, 0.29) is 17.7 Å². The number of hydrogen-bond acceptors (Lipinski definition) is 3. The van der Waals surface area contributed by atoms with Crippen LogP contribution in [-0.2, 0) is 9.59 Å². The highest BCUT2D eigenvalue weighted by Crippen LogP contribution is 2.26. The average molecular weight is 372 g/mol. The summed E-state index contributed by atoms with van der Waals surface area (Å²) < 4.78 is 0. The Morgan fingerprint density at radius 3 is 2.52 bits per heavy atom. The molecule has 0 bridgehead atoms. The molecule has 0 radical (unpaired) electrons. The fraction of sp³-hybridized carbons (Fsp3) is 0.636. The van der Waals surface area contributed by atoms with Crippen LogP contribution in [0.25, 0.3) is 0 Å². The lowest BCUT2D eigenvalue weighted by Crippen LogP contribution is -2.34. The zero-order valence-electron chi connectivity index (χ0n) is 16.4. The molecule has 1 aliphatic heterocycles. The summed E-state index contributed by atoms with van der Waals surface area (Å²) in [5, 5.41) is 9.43. The van der Waals surface area contributed by atoms with Gasteiger partial charge in [0.15, 0.2) is 0 Å². The first-order chi connectivity index (χ1) is 13.1. The Morgan fingerprint density at radius 1 is 1.07 bits per heavy atom. The van der Waals surface area contributed by atoms with Crippen molar-refractivity contribution in [1.29, 1.82) is 0 Å². The maximum atomic E-state index is 12.4. The van der Waals surface area contributed by atoms with Gasteiger partial charge in [0, 0.05) is 23.7 Å². The van der Waals surface area contributed by atoms with Gasteiger partial charge in [-0.3, -0.25) is 9.59 Å². The minimum atomic E-state index is 0.0452. The summed E-state index contributed by atoms with van der Waals surface area (Å²) in [4.78, 5) is 24.8. The van der Waals surface area contributed by atoms with Gasteiger partial charge < -0.3 is 16.0 Å². The quantitative estimate of drug-likeness (QED) is 0.703. The molecule has 27 heavy (non-hydrogen) atoms. The van der Waals surface area contributed by atoms with Gasteiger partial charge in [0.1, 0.15) is 0 Å². The van der Waals surface area contributed by atoms with E-state index in [0.29, 0.717) is 18.3 Å². The average Bonchev–Trinajstić information content (AvgIpc) is 2.69. The Kier molecular flexibility index (Phi) is 7.27. The van der Waals surface area contributed by atoms with Crippen molar-refractivity contribution in [3.63, 3.8) is 0 Å². The second-order valence-corrected chi connectivity index (χ2v) is 8.24. The van der Waals surface area contributed by atoms with Crippen LogP contribution in [0.15, 0.2) is 24.3 Å². The highest BCUT2D eigenvalue weighted by atomic mass is 16.2. The molecule has 5 nitrogen and oxygen atoms in total. The first-order valence-corrected chi connectivity index (χ1v) is 10.5. The smallest absolute Gasteiger partial charge is 0.227 e. The predicted octanol–water partition coefficient (Wildman–Crippen LogP) is 4.17. The van der Waals surface area contributed by atoms with Crippen LogP contribution in [-0.4, -0.2) is 24.9 Å². The Bertz CT molecular complexity index is 634. The summed E-state index contributed by atoms with van der Waals surface area (Å²) in [7, 11) is 0. The van der Waals surface area contributed by atoms with Crippen LogP contribution < -0.4 is 16.0 Å². The van der Waals surface area contributed by atoms with Gasteiger partial charge in [-0.2, -0.15) is 0 Å². The highest BCUT2D eigenvalue weighted by Gasteiger charge is 2.23. The molecular formula is C22H33N3O2. The second-order valence-electron chi connectivity index (χ2n) is 8.24.